The van der Waals surface area contributed by atoms with Crippen LogP contribution in [0.1, 0.15) is 73.3 Å². The minimum atomic E-state index is -1.23. The van der Waals surface area contributed by atoms with E-state index < -0.39 is 17.9 Å². The molecule has 2 amide bonds. The van der Waals surface area contributed by atoms with Crippen LogP contribution < -0.4 is 10.1 Å². The van der Waals surface area contributed by atoms with Crippen LogP contribution >= 0.6 is 27.5 Å². The number of benzene rings is 3. The summed E-state index contributed by atoms with van der Waals surface area (Å²) >= 11 is 9.68. The average Bonchev–Trinajstić information content (AvgIpc) is 3.57. The Morgan fingerprint density at radius 2 is 1.80 bits per heavy atom. The van der Waals surface area contributed by atoms with E-state index in [9.17, 15) is 19.5 Å². The minimum absolute atomic E-state index is 0.0513. The number of rotatable bonds is 11. The molecule has 0 radical (unpaired) electrons. The highest BCUT2D eigenvalue weighted by Crippen LogP contribution is 2.65. The molecular weight excluding hydrogens is 670 g/mol. The molecule has 240 valence electrons. The number of aromatic nitrogens is 1. The van der Waals surface area contributed by atoms with Crippen LogP contribution in [0.15, 0.2) is 71.2 Å². The molecule has 2 aliphatic rings. The van der Waals surface area contributed by atoms with Crippen molar-refractivity contribution in [3.05, 3.63) is 98.6 Å². The smallest absolute Gasteiger partial charge is 0.352 e. The van der Waals surface area contributed by atoms with Gasteiger partial charge < -0.3 is 25.0 Å². The lowest BCUT2D eigenvalue weighted by Crippen LogP contribution is -2.50. The number of hydrogen-bond donors (Lipinski definition) is 3. The van der Waals surface area contributed by atoms with E-state index >= 15 is 0 Å². The van der Waals surface area contributed by atoms with Gasteiger partial charge in [0.25, 0.3) is 0 Å². The first-order chi connectivity index (χ1) is 21.9. The van der Waals surface area contributed by atoms with Gasteiger partial charge in [-0.3, -0.25) is 9.59 Å². The van der Waals surface area contributed by atoms with Crippen molar-refractivity contribution in [2.24, 2.45) is 16.7 Å². The summed E-state index contributed by atoms with van der Waals surface area (Å²) in [7, 11) is 0. The number of carboxylic acid groups (broad SMARTS) is 1. The van der Waals surface area contributed by atoms with Crippen molar-refractivity contribution < 1.29 is 24.2 Å². The molecule has 10 heteroatoms. The molecule has 0 spiro atoms. The molecule has 2 fully saturated rings. The largest absolute Gasteiger partial charge is 0.489 e. The number of carbonyl (C=O) groups excluding carboxylic acids is 2. The van der Waals surface area contributed by atoms with Gasteiger partial charge in [-0.2, -0.15) is 0 Å². The number of nitrogens with one attached hydrogen (secondary N) is 2. The van der Waals surface area contributed by atoms with Gasteiger partial charge in [0.1, 0.15) is 24.1 Å². The zero-order valence-corrected chi connectivity index (χ0v) is 28.3. The summed E-state index contributed by atoms with van der Waals surface area (Å²) in [5, 5.41) is 14.5. The van der Waals surface area contributed by atoms with E-state index in [-0.39, 0.29) is 34.7 Å². The Bertz CT molecular complexity index is 1790. The molecule has 8 nitrogen and oxygen atoms in total. The number of ether oxygens (including phenoxy) is 1. The van der Waals surface area contributed by atoms with E-state index in [1.54, 1.807) is 18.2 Å². The van der Waals surface area contributed by atoms with Crippen molar-refractivity contribution in [2.45, 2.75) is 65.3 Å². The highest BCUT2D eigenvalue weighted by atomic mass is 79.9. The third kappa shape index (κ3) is 5.79. The first-order valence-electron chi connectivity index (χ1n) is 15.4. The van der Waals surface area contributed by atoms with E-state index in [1.807, 2.05) is 48.5 Å². The molecule has 0 aliphatic heterocycles. The van der Waals surface area contributed by atoms with Gasteiger partial charge in [-0.05, 0) is 83.5 Å². The SMILES string of the molecule is CC1(C)[C@H]2CC[C@@]1(C)C(NC(=O)C(c1c(C(=O)O)[nH]c3cc(Cl)ccc13)N(C=O)Cc1ccc(OCc3ccc(Br)cc3)cc1)C2. The van der Waals surface area contributed by atoms with E-state index in [0.29, 0.717) is 40.6 Å². The molecule has 2 unspecified atom stereocenters. The maximum Gasteiger partial charge on any atom is 0.352 e. The number of aromatic carboxylic acids is 1. The average molecular weight is 707 g/mol. The third-order valence-corrected chi connectivity index (χ3v) is 11.5. The van der Waals surface area contributed by atoms with E-state index in [2.05, 4.69) is 47.0 Å². The van der Waals surface area contributed by atoms with Crippen LogP contribution in [-0.2, 0) is 22.7 Å². The number of hydrogen-bond acceptors (Lipinski definition) is 4. The molecule has 1 heterocycles. The summed E-state index contributed by atoms with van der Waals surface area (Å²) < 4.78 is 6.94. The fourth-order valence-corrected chi connectivity index (χ4v) is 8.04. The van der Waals surface area contributed by atoms with Crippen LogP contribution in [0.25, 0.3) is 10.9 Å². The number of carboxylic acids is 1. The van der Waals surface area contributed by atoms with E-state index in [1.165, 1.54) is 4.90 Å². The monoisotopic (exact) mass is 705 g/mol. The molecule has 1 aromatic heterocycles. The summed E-state index contributed by atoms with van der Waals surface area (Å²) in [6, 6.07) is 18.9. The van der Waals surface area contributed by atoms with Crippen molar-refractivity contribution in [1.29, 1.82) is 0 Å². The predicted octanol–water partition coefficient (Wildman–Crippen LogP) is 7.89. The van der Waals surface area contributed by atoms with Gasteiger partial charge in [0, 0.05) is 38.5 Å². The highest BCUT2D eigenvalue weighted by Gasteiger charge is 2.61. The van der Waals surface area contributed by atoms with Crippen LogP contribution in [0.2, 0.25) is 5.02 Å². The molecule has 4 atom stereocenters. The van der Waals surface area contributed by atoms with Crippen molar-refractivity contribution in [3.63, 3.8) is 0 Å². The lowest BCUT2D eigenvalue weighted by atomic mass is 9.69. The van der Waals surface area contributed by atoms with Crippen LogP contribution in [0.4, 0.5) is 0 Å². The lowest BCUT2D eigenvalue weighted by Gasteiger charge is -2.40. The summed E-state index contributed by atoms with van der Waals surface area (Å²) in [5.41, 5.74) is 2.27. The molecule has 46 heavy (non-hydrogen) atoms. The lowest BCUT2D eigenvalue weighted by molar-refractivity contribution is -0.135. The van der Waals surface area contributed by atoms with Crippen molar-refractivity contribution >= 4 is 56.7 Å². The fraction of sp³-hybridized carbons (Fsp3) is 0.361. The number of carbonyl (C=O) groups is 3. The quantitative estimate of drug-likeness (QED) is 0.137. The van der Waals surface area contributed by atoms with Crippen LogP contribution in [-0.4, -0.2) is 39.3 Å². The van der Waals surface area contributed by atoms with Gasteiger partial charge in [-0.1, -0.05) is 78.6 Å². The number of aromatic amines is 1. The summed E-state index contributed by atoms with van der Waals surface area (Å²) in [4.78, 5) is 44.1. The van der Waals surface area contributed by atoms with Crippen molar-refractivity contribution in [1.82, 2.24) is 15.2 Å². The molecular formula is C36H37BrClN3O5. The Balaban J connectivity index is 1.31. The Hall–Kier alpha value is -3.82. The molecule has 3 aromatic carbocycles. The second-order valence-electron chi connectivity index (χ2n) is 13.3. The zero-order chi connectivity index (χ0) is 32.8. The Kier molecular flexibility index (Phi) is 8.67. The molecule has 0 saturated heterocycles. The standard InChI is InChI=1S/C36H37BrClN3O5/c1-35(2)23-14-15-36(35,3)29(16-23)40-33(43)32(30-27-13-10-25(38)17-28(27)39-31(30)34(44)45)41(20-42)18-21-6-11-26(12-7-21)46-19-22-4-8-24(37)9-5-22/h4-13,17,20,23,29,32,39H,14-16,18-19H2,1-3H3,(H,40,43)(H,44,45)/t23-,29?,32?,36-/m0/s1. The minimum Gasteiger partial charge on any atom is -0.489 e. The second kappa shape index (κ2) is 12.4. The molecule has 4 aromatic rings. The maximum atomic E-state index is 14.4. The third-order valence-electron chi connectivity index (χ3n) is 10.7. The maximum absolute atomic E-state index is 14.4. The topological polar surface area (TPSA) is 112 Å². The summed E-state index contributed by atoms with van der Waals surface area (Å²) in [6.07, 6.45) is 3.59. The van der Waals surface area contributed by atoms with E-state index in [4.69, 9.17) is 16.3 Å². The highest BCUT2D eigenvalue weighted by molar-refractivity contribution is 9.10. The van der Waals surface area contributed by atoms with Gasteiger partial charge in [0.05, 0.1) is 0 Å². The van der Waals surface area contributed by atoms with Crippen LogP contribution in [0.3, 0.4) is 0 Å². The second-order valence-corrected chi connectivity index (χ2v) is 14.7. The molecule has 2 bridgehead atoms. The molecule has 2 aliphatic carbocycles. The van der Waals surface area contributed by atoms with Gasteiger partial charge in [0.2, 0.25) is 12.3 Å². The van der Waals surface area contributed by atoms with Crippen molar-refractivity contribution in [3.8, 4) is 5.75 Å². The first-order valence-corrected chi connectivity index (χ1v) is 16.6. The number of amides is 2. The normalized spacial score (nSPS) is 22.0. The van der Waals surface area contributed by atoms with Crippen LogP contribution in [0, 0.1) is 16.7 Å². The van der Waals surface area contributed by atoms with E-state index in [0.717, 1.165) is 34.9 Å². The fourth-order valence-electron chi connectivity index (χ4n) is 7.60. The van der Waals surface area contributed by atoms with Gasteiger partial charge >= 0.3 is 5.97 Å². The Morgan fingerprint density at radius 3 is 2.41 bits per heavy atom. The van der Waals surface area contributed by atoms with Crippen molar-refractivity contribution in [2.75, 3.05) is 0 Å². The van der Waals surface area contributed by atoms with Gasteiger partial charge in [0.15, 0.2) is 0 Å². The summed E-state index contributed by atoms with van der Waals surface area (Å²) in [6.45, 7) is 7.24. The van der Waals surface area contributed by atoms with Crippen LogP contribution in [0.5, 0.6) is 5.75 Å². The molecule has 2 saturated carbocycles. The zero-order valence-electron chi connectivity index (χ0n) is 26.0. The molecule has 3 N–H and O–H groups in total. The summed E-state index contributed by atoms with van der Waals surface area (Å²) in [5.74, 6) is -0.495. The number of fused-ring (bicyclic) bond motifs is 3. The Morgan fingerprint density at radius 1 is 1.11 bits per heavy atom. The van der Waals surface area contributed by atoms with Gasteiger partial charge in [-0.15, -0.1) is 0 Å². The number of halogens is 2. The number of H-pyrrole nitrogens is 1. The molecule has 6 rings (SSSR count). The van der Waals surface area contributed by atoms with Gasteiger partial charge in [-0.25, -0.2) is 4.79 Å². The Labute approximate surface area is 281 Å². The predicted molar refractivity (Wildman–Crippen MR) is 181 cm³/mol. The number of nitrogens with zero attached hydrogens (tertiary/aromatic N) is 1. The first kappa shape index (κ1) is 32.1.